The fourth-order valence-electron chi connectivity index (χ4n) is 9.64. The number of carbonyl (C=O) groups is 2. The van der Waals surface area contributed by atoms with Crippen LogP contribution in [-0.4, -0.2) is 99.6 Å². The highest BCUT2D eigenvalue weighted by atomic mass is 16.7. The zero-order chi connectivity index (χ0) is 55.4. The highest BCUT2D eigenvalue weighted by Crippen LogP contribution is 2.26. The second-order valence-corrected chi connectivity index (χ2v) is 21.8. The molecular formula is C65H117NO10. The fourth-order valence-corrected chi connectivity index (χ4v) is 9.64. The molecule has 6 N–H and O–H groups in total. The van der Waals surface area contributed by atoms with Crippen molar-refractivity contribution in [3.63, 3.8) is 0 Å². The van der Waals surface area contributed by atoms with Crippen LogP contribution in [0.2, 0.25) is 0 Å². The molecule has 1 saturated heterocycles. The first-order valence-corrected chi connectivity index (χ1v) is 31.6. The van der Waals surface area contributed by atoms with Gasteiger partial charge in [-0.3, -0.25) is 9.59 Å². The van der Waals surface area contributed by atoms with E-state index in [0.29, 0.717) is 12.8 Å². The van der Waals surface area contributed by atoms with Crippen LogP contribution in [0.1, 0.15) is 278 Å². The highest BCUT2D eigenvalue weighted by Gasteiger charge is 2.47. The normalized spacial score (nSPS) is 19.5. The van der Waals surface area contributed by atoms with Gasteiger partial charge in [0.15, 0.2) is 12.4 Å². The molecule has 1 fully saturated rings. The van der Waals surface area contributed by atoms with E-state index in [0.717, 1.165) is 83.5 Å². The number of amides is 1. The van der Waals surface area contributed by atoms with Crippen molar-refractivity contribution in [2.24, 2.45) is 0 Å². The van der Waals surface area contributed by atoms with Crippen molar-refractivity contribution < 1.29 is 49.3 Å². The summed E-state index contributed by atoms with van der Waals surface area (Å²) in [5, 5.41) is 56.9. The first kappa shape index (κ1) is 71.4. The molecule has 8 unspecified atom stereocenters. The number of hydrogen-bond donors (Lipinski definition) is 6. The minimum atomic E-state index is -1.61. The van der Waals surface area contributed by atoms with Gasteiger partial charge in [-0.25, -0.2) is 0 Å². The summed E-state index contributed by atoms with van der Waals surface area (Å²) in [7, 11) is 0. The number of aliphatic hydroxyl groups is 5. The summed E-state index contributed by atoms with van der Waals surface area (Å²) in [5.74, 6) is -1.20. The second-order valence-electron chi connectivity index (χ2n) is 21.8. The molecule has 0 aromatic heterocycles. The lowest BCUT2D eigenvalue weighted by molar-refractivity contribution is -0.305. The monoisotopic (exact) mass is 1070 g/mol. The van der Waals surface area contributed by atoms with E-state index in [1.54, 1.807) is 6.08 Å². The number of ether oxygens (including phenoxy) is 3. The molecule has 0 bridgehead atoms. The Bertz CT molecular complexity index is 1460. The molecule has 11 heteroatoms. The summed E-state index contributed by atoms with van der Waals surface area (Å²) in [6.07, 6.45) is 55.5. The molecule has 0 spiro atoms. The molecule has 0 aromatic carbocycles. The lowest BCUT2D eigenvalue weighted by atomic mass is 9.99. The Morgan fingerprint density at radius 2 is 0.908 bits per heavy atom. The molecule has 11 nitrogen and oxygen atoms in total. The molecule has 0 radical (unpaired) electrons. The summed E-state index contributed by atoms with van der Waals surface area (Å²) in [6.45, 7) is 5.75. The van der Waals surface area contributed by atoms with Crippen molar-refractivity contribution in [1.82, 2.24) is 5.32 Å². The van der Waals surface area contributed by atoms with Gasteiger partial charge in [0.05, 0.1) is 25.4 Å². The van der Waals surface area contributed by atoms with E-state index in [2.05, 4.69) is 74.7 Å². The van der Waals surface area contributed by atoms with E-state index in [9.17, 15) is 35.1 Å². The highest BCUT2D eigenvalue weighted by molar-refractivity contribution is 5.80. The van der Waals surface area contributed by atoms with Gasteiger partial charge in [0, 0.05) is 6.42 Å². The van der Waals surface area contributed by atoms with Crippen LogP contribution in [0.15, 0.2) is 60.8 Å². The van der Waals surface area contributed by atoms with E-state index in [1.807, 2.05) is 6.08 Å². The molecule has 1 aliphatic heterocycles. The van der Waals surface area contributed by atoms with Crippen molar-refractivity contribution in [2.75, 3.05) is 13.2 Å². The molecule has 1 heterocycles. The number of unbranched alkanes of at least 4 members (excludes halogenated alkanes) is 31. The Morgan fingerprint density at radius 1 is 0.513 bits per heavy atom. The number of nitrogens with one attached hydrogen (secondary N) is 1. The number of carbonyl (C=O) groups excluding carboxylic acids is 2. The van der Waals surface area contributed by atoms with Crippen molar-refractivity contribution in [1.29, 1.82) is 0 Å². The molecule has 1 aliphatic rings. The zero-order valence-corrected chi connectivity index (χ0v) is 48.9. The standard InChI is InChI=1S/C65H117NO10/c1-4-7-10-13-16-19-22-24-25-26-27-28-29-30-31-32-33-34-35-38-40-43-46-49-52-58(69)64(73)66-56(57(68)51-48-45-42-39-37-23-20-17-14-11-8-5-2)55-74-65-63(62(72)61(71)59(54-67)75-65)76-60(70)53-50-47-44-41-36-21-18-15-12-9-6-3/h16,19,24-25,27-28,30-31,48,51,56-59,61-63,65,67-69,71-72H,4-15,17-18,20-23,26,29,32-47,49-50,52-55H2,1-3H3,(H,66,73)/b19-16-,25-24-,28-27-,31-30-,51-48+. The number of esters is 1. The summed E-state index contributed by atoms with van der Waals surface area (Å²) < 4.78 is 17.6. The summed E-state index contributed by atoms with van der Waals surface area (Å²) in [4.78, 5) is 26.5. The molecule has 0 aromatic rings. The zero-order valence-electron chi connectivity index (χ0n) is 48.9. The lowest BCUT2D eigenvalue weighted by Gasteiger charge is -2.41. The predicted molar refractivity (Wildman–Crippen MR) is 315 cm³/mol. The minimum absolute atomic E-state index is 0.124. The lowest BCUT2D eigenvalue weighted by Crippen LogP contribution is -2.61. The van der Waals surface area contributed by atoms with Crippen LogP contribution in [0.4, 0.5) is 0 Å². The number of hydrogen-bond acceptors (Lipinski definition) is 10. The van der Waals surface area contributed by atoms with E-state index in [1.165, 1.54) is 148 Å². The second kappa shape index (κ2) is 53.0. The van der Waals surface area contributed by atoms with Gasteiger partial charge in [-0.2, -0.15) is 0 Å². The fraction of sp³-hybridized carbons (Fsp3) is 0.815. The SMILES string of the molecule is CCCCC/C=C\C/C=C\C/C=C\C/C=C\CCCCCCCCCCC(O)C(=O)NC(COC1OC(CO)C(O)C(O)C1OC(=O)CCCCCCCCCCCCC)C(O)/C=C/CCCCCCCCCCCC. The van der Waals surface area contributed by atoms with Gasteiger partial charge >= 0.3 is 5.97 Å². The largest absolute Gasteiger partial charge is 0.454 e. The molecule has 1 rings (SSSR count). The first-order chi connectivity index (χ1) is 37.2. The molecule has 8 atom stereocenters. The maximum absolute atomic E-state index is 13.4. The van der Waals surface area contributed by atoms with Gasteiger partial charge in [-0.1, -0.05) is 261 Å². The third-order valence-electron chi connectivity index (χ3n) is 14.7. The number of rotatable bonds is 53. The average molecular weight is 1070 g/mol. The number of allylic oxidation sites excluding steroid dienone is 9. The molecule has 0 saturated carbocycles. The summed E-state index contributed by atoms with van der Waals surface area (Å²) in [6, 6.07) is -1.03. The van der Waals surface area contributed by atoms with E-state index >= 15 is 0 Å². The van der Waals surface area contributed by atoms with Gasteiger partial charge in [0.2, 0.25) is 5.91 Å². The van der Waals surface area contributed by atoms with Gasteiger partial charge in [-0.15, -0.1) is 0 Å². The maximum atomic E-state index is 13.4. The molecule has 1 amide bonds. The Kier molecular flexibility index (Phi) is 49.8. The van der Waals surface area contributed by atoms with E-state index in [-0.39, 0.29) is 19.4 Å². The third-order valence-corrected chi connectivity index (χ3v) is 14.7. The third kappa shape index (κ3) is 40.5. The Labute approximate surface area is 465 Å². The molecule has 442 valence electrons. The predicted octanol–water partition coefficient (Wildman–Crippen LogP) is 15.0. The van der Waals surface area contributed by atoms with Crippen molar-refractivity contribution in [3.8, 4) is 0 Å². The van der Waals surface area contributed by atoms with Crippen LogP contribution in [0.3, 0.4) is 0 Å². The first-order valence-electron chi connectivity index (χ1n) is 31.6. The van der Waals surface area contributed by atoms with Crippen molar-refractivity contribution >= 4 is 11.9 Å². The van der Waals surface area contributed by atoms with Crippen molar-refractivity contribution in [3.05, 3.63) is 60.8 Å². The average Bonchev–Trinajstić information content (AvgIpc) is 3.42. The Morgan fingerprint density at radius 3 is 1.38 bits per heavy atom. The van der Waals surface area contributed by atoms with Crippen molar-refractivity contribution in [2.45, 2.75) is 327 Å². The smallest absolute Gasteiger partial charge is 0.306 e. The quantitative estimate of drug-likeness (QED) is 0.0195. The Balaban J connectivity index is 2.63. The van der Waals surface area contributed by atoms with Gasteiger partial charge in [0.1, 0.15) is 24.4 Å². The van der Waals surface area contributed by atoms with Crippen LogP contribution in [0.25, 0.3) is 0 Å². The minimum Gasteiger partial charge on any atom is -0.454 e. The maximum Gasteiger partial charge on any atom is 0.306 e. The van der Waals surface area contributed by atoms with Crippen LogP contribution in [-0.2, 0) is 23.8 Å². The van der Waals surface area contributed by atoms with Gasteiger partial charge in [0.25, 0.3) is 0 Å². The van der Waals surface area contributed by atoms with Crippen LogP contribution < -0.4 is 5.32 Å². The molecular weight excluding hydrogens is 955 g/mol. The van der Waals surface area contributed by atoms with E-state index < -0.39 is 67.4 Å². The molecule has 76 heavy (non-hydrogen) atoms. The number of aliphatic hydroxyl groups excluding tert-OH is 5. The van der Waals surface area contributed by atoms with E-state index in [4.69, 9.17) is 14.2 Å². The van der Waals surface area contributed by atoms with Crippen LogP contribution in [0, 0.1) is 0 Å². The molecule has 0 aliphatic carbocycles. The summed E-state index contributed by atoms with van der Waals surface area (Å²) >= 11 is 0. The van der Waals surface area contributed by atoms with Gasteiger partial charge in [-0.05, 0) is 70.6 Å². The van der Waals surface area contributed by atoms with Crippen LogP contribution in [0.5, 0.6) is 0 Å². The summed E-state index contributed by atoms with van der Waals surface area (Å²) in [5.41, 5.74) is 0. The van der Waals surface area contributed by atoms with Gasteiger partial charge < -0.3 is 45.1 Å². The van der Waals surface area contributed by atoms with Crippen LogP contribution >= 0.6 is 0 Å². The topological polar surface area (TPSA) is 175 Å². The Hall–Kier alpha value is -2.64.